The maximum atomic E-state index is 12.8. The molecule has 6 rings (SSSR count). The molecule has 6 saturated carbocycles. The van der Waals surface area contributed by atoms with E-state index in [1.807, 2.05) is 41.5 Å². The van der Waals surface area contributed by atoms with Crippen LogP contribution >= 0.6 is 0 Å². The highest BCUT2D eigenvalue weighted by Gasteiger charge is 2.71. The van der Waals surface area contributed by atoms with E-state index >= 15 is 0 Å². The molecule has 0 spiro atoms. The smallest absolute Gasteiger partial charge is 0.312 e. The lowest BCUT2D eigenvalue weighted by molar-refractivity contribution is -0.197. The van der Waals surface area contributed by atoms with Crippen molar-refractivity contribution in [2.45, 2.75) is 309 Å². The van der Waals surface area contributed by atoms with E-state index in [9.17, 15) is 14.4 Å². The Labute approximate surface area is 421 Å². The van der Waals surface area contributed by atoms with Crippen LogP contribution in [-0.2, 0) is 28.6 Å². The molecule has 68 heavy (non-hydrogen) atoms. The second-order valence-electron chi connectivity index (χ2n) is 28.3. The van der Waals surface area contributed by atoms with Crippen molar-refractivity contribution in [1.29, 1.82) is 0 Å². The van der Waals surface area contributed by atoms with Gasteiger partial charge in [-0.2, -0.15) is 0 Å². The van der Waals surface area contributed by atoms with Crippen LogP contribution in [0.1, 0.15) is 292 Å². The largest absolute Gasteiger partial charge is 0.458 e. The fourth-order valence-electron chi connectivity index (χ4n) is 14.4. The zero-order chi connectivity index (χ0) is 51.4. The molecule has 0 radical (unpaired) electrons. The second kappa shape index (κ2) is 22.3. The number of carbonyl (C=O) groups is 3. The van der Waals surface area contributed by atoms with Gasteiger partial charge in [0.1, 0.15) is 16.8 Å². The Morgan fingerprint density at radius 2 is 1.00 bits per heavy atom. The maximum Gasteiger partial charge on any atom is 0.312 e. The van der Waals surface area contributed by atoms with Crippen LogP contribution in [0.5, 0.6) is 0 Å². The van der Waals surface area contributed by atoms with Gasteiger partial charge in [0.05, 0.1) is 16.2 Å². The highest BCUT2D eigenvalue weighted by Crippen LogP contribution is 2.72. The van der Waals surface area contributed by atoms with Crippen molar-refractivity contribution in [3.8, 4) is 0 Å². The van der Waals surface area contributed by atoms with E-state index in [4.69, 9.17) is 14.2 Å². The molecule has 0 aromatic rings. The second-order valence-corrected chi connectivity index (χ2v) is 28.3. The summed E-state index contributed by atoms with van der Waals surface area (Å²) in [7, 11) is 0. The normalized spacial score (nSPS) is 33.1. The average Bonchev–Trinajstić information content (AvgIpc) is 4.08. The molecule has 6 nitrogen and oxygen atoms in total. The monoisotopic (exact) mass is 953 g/mol. The number of unbranched alkanes of at least 4 members (excludes halogenated alkanes) is 8. The average molecular weight is 954 g/mol. The summed E-state index contributed by atoms with van der Waals surface area (Å²) < 4.78 is 19.0. The Morgan fingerprint density at radius 3 is 1.40 bits per heavy atom. The summed E-state index contributed by atoms with van der Waals surface area (Å²) in [6, 6.07) is 0. The highest BCUT2D eigenvalue weighted by atomic mass is 16.6. The van der Waals surface area contributed by atoms with Gasteiger partial charge in [-0.05, 0) is 185 Å². The zero-order valence-corrected chi connectivity index (χ0v) is 48.5. The Kier molecular flexibility index (Phi) is 19.3. The van der Waals surface area contributed by atoms with Gasteiger partial charge in [-0.25, -0.2) is 0 Å². The third-order valence-corrected chi connectivity index (χ3v) is 21.6. The molecule has 0 N–H and O–H groups in total. The minimum atomic E-state index is -0.385. The maximum absolute atomic E-state index is 12.8. The molecule has 6 bridgehead atoms. The van der Waals surface area contributed by atoms with Crippen molar-refractivity contribution in [3.63, 3.8) is 0 Å². The SMILES string of the molecule is CCC(C)(C)C(=O)OC1(C(C)(C)C)CC2CCC1C2(C)C.CCCCC1(OC(=O)C(C)(C)CC)CC2CCC1(C)C2(C)C.CCCCCCCCCCC1(OC(=O)C(C)(C)CC)CC2CCC1C2. The van der Waals surface area contributed by atoms with Crippen LogP contribution in [0.3, 0.4) is 0 Å². The first-order valence-corrected chi connectivity index (χ1v) is 29.1. The summed E-state index contributed by atoms with van der Waals surface area (Å²) in [5.74, 6) is 3.38. The molecular weight excluding hydrogens is 841 g/mol. The van der Waals surface area contributed by atoms with Crippen LogP contribution < -0.4 is 0 Å². The van der Waals surface area contributed by atoms with Gasteiger partial charge in [0.15, 0.2) is 0 Å². The van der Waals surface area contributed by atoms with Gasteiger partial charge in [-0.1, -0.05) is 141 Å². The zero-order valence-electron chi connectivity index (χ0n) is 48.5. The molecule has 396 valence electrons. The lowest BCUT2D eigenvalue weighted by Crippen LogP contribution is -2.53. The predicted octanol–water partition coefficient (Wildman–Crippen LogP) is 18.0. The minimum Gasteiger partial charge on any atom is -0.458 e. The molecule has 0 saturated heterocycles. The first-order valence-electron chi connectivity index (χ1n) is 29.1. The summed E-state index contributed by atoms with van der Waals surface area (Å²) in [5.41, 5.74) is -1.05. The number of fused-ring (bicyclic) bond motifs is 6. The molecule has 9 unspecified atom stereocenters. The summed E-state index contributed by atoms with van der Waals surface area (Å²) in [4.78, 5) is 38.3. The molecule has 6 aliphatic carbocycles. The van der Waals surface area contributed by atoms with Gasteiger partial charge in [-0.15, -0.1) is 0 Å². The van der Waals surface area contributed by atoms with Crippen LogP contribution in [-0.4, -0.2) is 34.7 Å². The Balaban J connectivity index is 0.000000223. The first kappa shape index (κ1) is 59.0. The van der Waals surface area contributed by atoms with Crippen LogP contribution in [0.25, 0.3) is 0 Å². The van der Waals surface area contributed by atoms with Crippen LogP contribution in [0.2, 0.25) is 0 Å². The Morgan fingerprint density at radius 1 is 0.500 bits per heavy atom. The molecule has 0 amide bonds. The highest BCUT2D eigenvalue weighted by molar-refractivity contribution is 5.77. The van der Waals surface area contributed by atoms with E-state index in [1.165, 1.54) is 96.3 Å². The van der Waals surface area contributed by atoms with Crippen LogP contribution in [0.4, 0.5) is 0 Å². The molecule has 0 aromatic carbocycles. The minimum absolute atomic E-state index is 0.00989. The van der Waals surface area contributed by atoms with E-state index in [-0.39, 0.29) is 67.2 Å². The van der Waals surface area contributed by atoms with Gasteiger partial charge < -0.3 is 14.2 Å². The molecular formula is C62H112O6. The number of ether oxygens (including phenoxy) is 3. The lowest BCUT2D eigenvalue weighted by Gasteiger charge is -2.49. The summed E-state index contributed by atoms with van der Waals surface area (Å²) in [6.07, 6.45) is 29.9. The summed E-state index contributed by atoms with van der Waals surface area (Å²) in [5, 5.41) is 0. The Hall–Kier alpha value is -1.59. The summed E-state index contributed by atoms with van der Waals surface area (Å²) >= 11 is 0. The van der Waals surface area contributed by atoms with Crippen LogP contribution in [0.15, 0.2) is 0 Å². The Bertz CT molecular complexity index is 1660. The number of carbonyl (C=O) groups excluding carboxylic acids is 3. The molecule has 0 heterocycles. The fourth-order valence-corrected chi connectivity index (χ4v) is 14.4. The van der Waals surface area contributed by atoms with Crippen molar-refractivity contribution in [3.05, 3.63) is 0 Å². The molecule has 6 fully saturated rings. The van der Waals surface area contributed by atoms with Crippen LogP contribution in [0, 0.1) is 67.5 Å². The van der Waals surface area contributed by atoms with E-state index in [2.05, 4.69) is 90.0 Å². The molecule has 9 atom stereocenters. The third-order valence-electron chi connectivity index (χ3n) is 21.6. The third kappa shape index (κ3) is 11.8. The topological polar surface area (TPSA) is 78.9 Å². The van der Waals surface area contributed by atoms with Gasteiger partial charge in [-0.3, -0.25) is 14.4 Å². The van der Waals surface area contributed by atoms with Crippen molar-refractivity contribution in [2.75, 3.05) is 0 Å². The van der Waals surface area contributed by atoms with E-state index in [1.54, 1.807) is 0 Å². The number of rotatable bonds is 21. The van der Waals surface area contributed by atoms with Gasteiger partial charge in [0.2, 0.25) is 0 Å². The van der Waals surface area contributed by atoms with E-state index in [0.717, 1.165) is 70.1 Å². The number of hydrogen-bond donors (Lipinski definition) is 0. The standard InChI is InChI=1S/C23H42O2.C20H36O2.C19H34O2/c1-5-7-8-9-10-11-12-13-16-23(18-19-14-15-20(23)17-19)25-21(24)22(3,4)6-2;1-8-10-12-20(22-16(21)17(3,4)9-2)14-15-11-13-19(20,7)18(15,5)6;1-9-17(5,6)15(20)21-19(16(2,3)4)12-13-10-11-14(19)18(13,7)8/h19-20H,5-18H2,1-4H3;15H,8-14H2,1-7H3;13-14H,9-12H2,1-8H3. The predicted molar refractivity (Wildman–Crippen MR) is 284 cm³/mol. The fraction of sp³-hybridized carbons (Fsp3) is 0.952. The van der Waals surface area contributed by atoms with Crippen molar-refractivity contribution in [1.82, 2.24) is 0 Å². The molecule has 6 aliphatic rings. The quantitative estimate of drug-likeness (QED) is 0.0648. The van der Waals surface area contributed by atoms with Gasteiger partial charge in [0, 0.05) is 16.7 Å². The van der Waals surface area contributed by atoms with E-state index in [0.29, 0.717) is 29.1 Å². The summed E-state index contributed by atoms with van der Waals surface area (Å²) in [6.45, 7) is 41.5. The van der Waals surface area contributed by atoms with Gasteiger partial charge in [0.25, 0.3) is 0 Å². The molecule has 0 aromatic heterocycles. The van der Waals surface area contributed by atoms with E-state index < -0.39 is 0 Å². The molecule has 6 heteroatoms. The first-order chi connectivity index (χ1) is 31.4. The number of esters is 3. The van der Waals surface area contributed by atoms with Crippen molar-refractivity contribution in [2.24, 2.45) is 67.5 Å². The van der Waals surface area contributed by atoms with Crippen molar-refractivity contribution >= 4 is 17.9 Å². The molecule has 0 aliphatic heterocycles. The lowest BCUT2D eigenvalue weighted by atomic mass is 9.63. The number of hydrogen-bond acceptors (Lipinski definition) is 6. The van der Waals surface area contributed by atoms with Gasteiger partial charge >= 0.3 is 17.9 Å². The van der Waals surface area contributed by atoms with Crippen molar-refractivity contribution < 1.29 is 28.6 Å².